The Morgan fingerprint density at radius 1 is 1.26 bits per heavy atom. The molecule has 0 spiro atoms. The van der Waals surface area contributed by atoms with Crippen molar-refractivity contribution in [3.63, 3.8) is 0 Å². The molecule has 1 fully saturated rings. The number of nitrogens with one attached hydrogen (secondary N) is 1. The molecule has 2 amide bonds. The van der Waals surface area contributed by atoms with Crippen molar-refractivity contribution in [3.05, 3.63) is 51.7 Å². The van der Waals surface area contributed by atoms with E-state index in [-0.39, 0.29) is 24.5 Å². The summed E-state index contributed by atoms with van der Waals surface area (Å²) in [6.07, 6.45) is 2.28. The second-order valence-electron chi connectivity index (χ2n) is 6.96. The molecule has 1 aliphatic rings. The summed E-state index contributed by atoms with van der Waals surface area (Å²) in [4.78, 5) is 28.1. The van der Waals surface area contributed by atoms with Crippen molar-refractivity contribution in [2.24, 2.45) is 0 Å². The van der Waals surface area contributed by atoms with Crippen LogP contribution in [-0.4, -0.2) is 42.5 Å². The average molecular weight is 387 g/mol. The Labute approximate surface area is 164 Å². The number of carbonyl (C=O) groups is 2. The van der Waals surface area contributed by atoms with Gasteiger partial charge in [0.1, 0.15) is 0 Å². The molecule has 0 aliphatic carbocycles. The molecule has 2 heterocycles. The van der Waals surface area contributed by atoms with Crippen LogP contribution in [0.4, 0.5) is 5.69 Å². The van der Waals surface area contributed by atoms with Gasteiger partial charge in [0.2, 0.25) is 11.8 Å². The van der Waals surface area contributed by atoms with Gasteiger partial charge < -0.3 is 15.0 Å². The van der Waals surface area contributed by atoms with Gasteiger partial charge in [-0.15, -0.1) is 11.3 Å². The molecule has 0 bridgehead atoms. The molecule has 2 aromatic rings. The maximum Gasteiger partial charge on any atom is 0.244 e. The van der Waals surface area contributed by atoms with E-state index in [1.165, 1.54) is 0 Å². The number of thiophene rings is 1. The van der Waals surface area contributed by atoms with Gasteiger partial charge in [0, 0.05) is 23.7 Å². The Kier molecular flexibility index (Phi) is 6.63. The van der Waals surface area contributed by atoms with Crippen LogP contribution in [0.5, 0.6) is 0 Å². The Balaban J connectivity index is 1.66. The van der Waals surface area contributed by atoms with Crippen molar-refractivity contribution in [2.45, 2.75) is 39.2 Å². The molecule has 0 unspecified atom stereocenters. The lowest BCUT2D eigenvalue weighted by Crippen LogP contribution is -2.43. The first kappa shape index (κ1) is 19.6. The van der Waals surface area contributed by atoms with Crippen molar-refractivity contribution in [1.82, 2.24) is 4.90 Å². The lowest BCUT2D eigenvalue weighted by molar-refractivity contribution is -0.135. The van der Waals surface area contributed by atoms with Crippen LogP contribution in [0.1, 0.15) is 28.8 Å². The van der Waals surface area contributed by atoms with Crippen molar-refractivity contribution in [1.29, 1.82) is 0 Å². The van der Waals surface area contributed by atoms with Gasteiger partial charge in [0.05, 0.1) is 19.1 Å². The Morgan fingerprint density at radius 3 is 2.81 bits per heavy atom. The summed E-state index contributed by atoms with van der Waals surface area (Å²) >= 11 is 1.56. The fourth-order valence-corrected chi connectivity index (χ4v) is 3.91. The molecular weight excluding hydrogens is 360 g/mol. The van der Waals surface area contributed by atoms with Crippen LogP contribution in [0.15, 0.2) is 35.7 Å². The molecule has 1 atom stereocenters. The number of nitrogens with zero attached hydrogens (tertiary/aromatic N) is 1. The number of anilines is 1. The van der Waals surface area contributed by atoms with Crippen molar-refractivity contribution < 1.29 is 14.3 Å². The van der Waals surface area contributed by atoms with Gasteiger partial charge in [0.15, 0.2) is 0 Å². The highest BCUT2D eigenvalue weighted by Gasteiger charge is 2.24. The lowest BCUT2D eigenvalue weighted by atomic mass is 10.1. The number of ether oxygens (including phenoxy) is 1. The fraction of sp³-hybridized carbons (Fsp3) is 0.429. The quantitative estimate of drug-likeness (QED) is 0.792. The smallest absolute Gasteiger partial charge is 0.244 e. The molecule has 27 heavy (non-hydrogen) atoms. The summed E-state index contributed by atoms with van der Waals surface area (Å²) in [5.41, 5.74) is 2.96. The van der Waals surface area contributed by atoms with E-state index in [1.54, 1.807) is 16.2 Å². The topological polar surface area (TPSA) is 58.6 Å². The zero-order chi connectivity index (χ0) is 19.2. The predicted octanol–water partition coefficient (Wildman–Crippen LogP) is 3.55. The van der Waals surface area contributed by atoms with E-state index in [2.05, 4.69) is 5.32 Å². The van der Waals surface area contributed by atoms with Crippen LogP contribution < -0.4 is 5.32 Å². The molecule has 6 heteroatoms. The summed E-state index contributed by atoms with van der Waals surface area (Å²) in [7, 11) is 0. The number of hydrogen-bond donors (Lipinski definition) is 1. The monoisotopic (exact) mass is 386 g/mol. The zero-order valence-electron chi connectivity index (χ0n) is 15.9. The summed E-state index contributed by atoms with van der Waals surface area (Å²) in [6, 6.07) is 9.70. The number of rotatable bonds is 7. The predicted molar refractivity (Wildman–Crippen MR) is 108 cm³/mol. The van der Waals surface area contributed by atoms with E-state index in [0.717, 1.165) is 41.1 Å². The average Bonchev–Trinajstić information content (AvgIpc) is 3.32. The van der Waals surface area contributed by atoms with Crippen LogP contribution in [0.3, 0.4) is 0 Å². The molecule has 144 valence electrons. The Morgan fingerprint density at radius 2 is 2.11 bits per heavy atom. The summed E-state index contributed by atoms with van der Waals surface area (Å²) in [5, 5.41) is 4.91. The Hall–Kier alpha value is -2.18. The third-order valence-corrected chi connectivity index (χ3v) is 5.80. The molecule has 1 aromatic heterocycles. The number of benzene rings is 1. The van der Waals surface area contributed by atoms with Crippen molar-refractivity contribution in [2.75, 3.05) is 25.0 Å². The van der Waals surface area contributed by atoms with Crippen molar-refractivity contribution >= 4 is 28.8 Å². The van der Waals surface area contributed by atoms with Gasteiger partial charge in [-0.05, 0) is 55.3 Å². The van der Waals surface area contributed by atoms with Gasteiger partial charge in [-0.25, -0.2) is 0 Å². The highest BCUT2D eigenvalue weighted by Crippen LogP contribution is 2.19. The first-order valence-corrected chi connectivity index (χ1v) is 10.2. The molecule has 0 radical (unpaired) electrons. The Bertz CT molecular complexity index is 783. The number of amides is 2. The maximum atomic E-state index is 12.8. The highest BCUT2D eigenvalue weighted by atomic mass is 32.1. The van der Waals surface area contributed by atoms with E-state index >= 15 is 0 Å². The van der Waals surface area contributed by atoms with Crippen LogP contribution in [0, 0.1) is 13.8 Å². The second-order valence-corrected chi connectivity index (χ2v) is 7.99. The molecular formula is C21H26N2O3S. The first-order chi connectivity index (χ1) is 13.0. The van der Waals surface area contributed by atoms with Crippen LogP contribution in [-0.2, 0) is 20.7 Å². The van der Waals surface area contributed by atoms with Crippen molar-refractivity contribution in [3.8, 4) is 0 Å². The van der Waals surface area contributed by atoms with E-state index < -0.39 is 0 Å². The van der Waals surface area contributed by atoms with Gasteiger partial charge in [0.25, 0.3) is 0 Å². The van der Waals surface area contributed by atoms with E-state index in [1.807, 2.05) is 49.6 Å². The minimum absolute atomic E-state index is 0.0193. The molecule has 5 nitrogen and oxygen atoms in total. The molecule has 1 saturated heterocycles. The maximum absolute atomic E-state index is 12.8. The highest BCUT2D eigenvalue weighted by molar-refractivity contribution is 7.10. The molecule has 0 saturated carbocycles. The third-order valence-electron chi connectivity index (χ3n) is 4.92. The first-order valence-electron chi connectivity index (χ1n) is 9.31. The molecule has 1 aromatic carbocycles. The third kappa shape index (κ3) is 5.40. The summed E-state index contributed by atoms with van der Waals surface area (Å²) in [5.74, 6) is -0.217. The zero-order valence-corrected chi connectivity index (χ0v) is 16.7. The van der Waals surface area contributed by atoms with Crippen LogP contribution in [0.2, 0.25) is 0 Å². The summed E-state index contributed by atoms with van der Waals surface area (Å²) in [6.45, 7) is 5.23. The minimum Gasteiger partial charge on any atom is -0.376 e. The normalized spacial score (nSPS) is 16.3. The lowest BCUT2D eigenvalue weighted by Gasteiger charge is -2.25. The van der Waals surface area contributed by atoms with E-state index in [0.29, 0.717) is 13.0 Å². The number of hydrogen-bond acceptors (Lipinski definition) is 4. The molecule has 1 N–H and O–H groups in total. The molecule has 3 rings (SSSR count). The minimum atomic E-state index is -0.179. The van der Waals surface area contributed by atoms with Crippen LogP contribution in [0.25, 0.3) is 0 Å². The number of aryl methyl sites for hydroxylation is 1. The number of carbonyl (C=O) groups excluding carboxylic acids is 2. The fourth-order valence-electron chi connectivity index (χ4n) is 3.21. The van der Waals surface area contributed by atoms with Gasteiger partial charge in [-0.3, -0.25) is 9.59 Å². The van der Waals surface area contributed by atoms with Gasteiger partial charge in [-0.2, -0.15) is 0 Å². The van der Waals surface area contributed by atoms with Crippen LogP contribution >= 0.6 is 11.3 Å². The largest absolute Gasteiger partial charge is 0.376 e. The molecule has 1 aliphatic heterocycles. The summed E-state index contributed by atoms with van der Waals surface area (Å²) < 4.78 is 5.68. The van der Waals surface area contributed by atoms with E-state index in [4.69, 9.17) is 4.74 Å². The van der Waals surface area contributed by atoms with E-state index in [9.17, 15) is 9.59 Å². The standard InChI is InChI=1S/C21H26N2O3S/c1-15-6-3-9-19(16(15)2)22-20(24)14-23(13-17-7-4-10-26-17)21(25)12-18-8-5-11-27-18/h3,5-6,8-9,11,17H,4,7,10,12-14H2,1-2H3,(H,22,24)/t17-/m1/s1. The SMILES string of the molecule is Cc1cccc(NC(=O)CN(C[C@H]2CCCO2)C(=O)Cc2cccs2)c1C. The van der Waals surface area contributed by atoms with Gasteiger partial charge in [-0.1, -0.05) is 18.2 Å². The second kappa shape index (κ2) is 9.15. The van der Waals surface area contributed by atoms with Gasteiger partial charge >= 0.3 is 0 Å².